The fraction of sp³-hybridized carbons (Fsp3) is 0.667. The van der Waals surface area contributed by atoms with Crippen LogP contribution in [0.3, 0.4) is 0 Å². The van der Waals surface area contributed by atoms with Crippen LogP contribution >= 0.6 is 0 Å². The molecule has 8 nitrogen and oxygen atoms in total. The summed E-state index contributed by atoms with van der Waals surface area (Å²) in [5.74, 6) is -1.09. The molecule has 0 aromatic carbocycles. The first-order chi connectivity index (χ1) is 9.92. The first kappa shape index (κ1) is 15.9. The van der Waals surface area contributed by atoms with E-state index in [0.717, 1.165) is 16.4 Å². The third kappa shape index (κ3) is 3.80. The lowest BCUT2D eigenvalue weighted by Gasteiger charge is -2.31. The van der Waals surface area contributed by atoms with E-state index >= 15 is 0 Å². The van der Waals surface area contributed by atoms with E-state index in [1.807, 2.05) is 6.07 Å². The normalized spacial score (nSPS) is 20.5. The van der Waals surface area contributed by atoms with Crippen LogP contribution in [0.25, 0.3) is 0 Å². The Hall–Kier alpha value is -1.45. The first-order valence-electron chi connectivity index (χ1n) is 6.88. The molecule has 1 aliphatic heterocycles. The Morgan fingerprint density at radius 3 is 2.90 bits per heavy atom. The summed E-state index contributed by atoms with van der Waals surface area (Å²) < 4.78 is 29.7. The van der Waals surface area contributed by atoms with Gasteiger partial charge in [-0.15, -0.1) is 0 Å². The Balaban J connectivity index is 1.97. The van der Waals surface area contributed by atoms with E-state index in [0.29, 0.717) is 19.3 Å². The summed E-state index contributed by atoms with van der Waals surface area (Å²) in [6.07, 6.45) is 3.93. The number of nitrogens with zero attached hydrogens (tertiary/aromatic N) is 3. The van der Waals surface area contributed by atoms with Gasteiger partial charge in [0.1, 0.15) is 6.04 Å². The van der Waals surface area contributed by atoms with E-state index in [-0.39, 0.29) is 13.1 Å². The number of rotatable bonds is 6. The third-order valence-electron chi connectivity index (χ3n) is 3.64. The van der Waals surface area contributed by atoms with E-state index in [1.54, 1.807) is 17.9 Å². The number of nitrogens with one attached hydrogen (secondary N) is 1. The van der Waals surface area contributed by atoms with Gasteiger partial charge in [-0.3, -0.25) is 9.48 Å². The summed E-state index contributed by atoms with van der Waals surface area (Å²) in [5.41, 5.74) is 0.908. The van der Waals surface area contributed by atoms with Crippen LogP contribution in [0.5, 0.6) is 0 Å². The summed E-state index contributed by atoms with van der Waals surface area (Å²) >= 11 is 0. The summed E-state index contributed by atoms with van der Waals surface area (Å²) in [5, 5.41) is 13.1. The molecule has 21 heavy (non-hydrogen) atoms. The van der Waals surface area contributed by atoms with Crippen molar-refractivity contribution in [3.8, 4) is 0 Å². The number of carboxylic acid groups (broad SMARTS) is 1. The molecule has 0 bridgehead atoms. The van der Waals surface area contributed by atoms with E-state index in [4.69, 9.17) is 5.11 Å². The Kier molecular flexibility index (Phi) is 4.96. The highest BCUT2D eigenvalue weighted by atomic mass is 32.2. The summed E-state index contributed by atoms with van der Waals surface area (Å²) in [4.78, 5) is 11.2. The molecule has 0 amide bonds. The Morgan fingerprint density at radius 1 is 1.52 bits per heavy atom. The number of aryl methyl sites for hydroxylation is 1. The van der Waals surface area contributed by atoms with Gasteiger partial charge in [0.25, 0.3) is 10.2 Å². The molecule has 1 fully saturated rings. The molecular formula is C12H20N4O4S. The number of carboxylic acids is 1. The van der Waals surface area contributed by atoms with Crippen LogP contribution in [0.1, 0.15) is 25.0 Å². The van der Waals surface area contributed by atoms with Crippen molar-refractivity contribution < 1.29 is 18.3 Å². The summed E-state index contributed by atoms with van der Waals surface area (Å²) in [6, 6.07) is 0.850. The molecule has 2 rings (SSSR count). The van der Waals surface area contributed by atoms with E-state index in [9.17, 15) is 13.2 Å². The maximum absolute atomic E-state index is 12.2. The van der Waals surface area contributed by atoms with Gasteiger partial charge in [0, 0.05) is 38.4 Å². The minimum atomic E-state index is -3.77. The smallest absolute Gasteiger partial charge is 0.322 e. The molecule has 9 heteroatoms. The zero-order chi connectivity index (χ0) is 15.5. The molecule has 0 radical (unpaired) electrons. The van der Waals surface area contributed by atoms with Crippen molar-refractivity contribution in [3.05, 3.63) is 18.0 Å². The average molecular weight is 316 g/mol. The van der Waals surface area contributed by atoms with Crippen molar-refractivity contribution in [3.63, 3.8) is 0 Å². The molecule has 0 saturated carbocycles. The second-order valence-corrected chi connectivity index (χ2v) is 6.76. The highest BCUT2D eigenvalue weighted by molar-refractivity contribution is 7.87. The second-order valence-electron chi connectivity index (χ2n) is 5.06. The second kappa shape index (κ2) is 6.54. The van der Waals surface area contributed by atoms with E-state index < -0.39 is 22.2 Å². The molecule has 1 atom stereocenters. The average Bonchev–Trinajstić information content (AvgIpc) is 2.84. The van der Waals surface area contributed by atoms with Crippen LogP contribution in [-0.4, -0.2) is 52.7 Å². The Bertz CT molecular complexity index is 598. The van der Waals surface area contributed by atoms with Crippen molar-refractivity contribution in [1.29, 1.82) is 0 Å². The zero-order valence-corrected chi connectivity index (χ0v) is 12.7. The van der Waals surface area contributed by atoms with Crippen molar-refractivity contribution in [1.82, 2.24) is 18.8 Å². The molecular weight excluding hydrogens is 296 g/mol. The molecule has 1 aliphatic rings. The number of aliphatic carboxylic acids is 1. The van der Waals surface area contributed by atoms with Crippen LogP contribution < -0.4 is 4.72 Å². The minimum Gasteiger partial charge on any atom is -0.480 e. The monoisotopic (exact) mass is 316 g/mol. The van der Waals surface area contributed by atoms with Gasteiger partial charge in [-0.25, -0.2) is 4.72 Å². The van der Waals surface area contributed by atoms with Crippen molar-refractivity contribution in [2.24, 2.45) is 7.05 Å². The molecule has 0 spiro atoms. The highest BCUT2D eigenvalue weighted by Gasteiger charge is 2.36. The third-order valence-corrected chi connectivity index (χ3v) is 5.26. The van der Waals surface area contributed by atoms with Gasteiger partial charge in [-0.05, 0) is 25.3 Å². The Morgan fingerprint density at radius 2 is 2.29 bits per heavy atom. The fourth-order valence-corrected chi connectivity index (χ4v) is 3.90. The number of aromatic nitrogens is 2. The largest absolute Gasteiger partial charge is 0.480 e. The standard InChI is InChI=1S/C12H20N4O4S/c1-15-10(5-7-13-15)6-8-14-21(19,20)16-9-3-2-4-11(16)12(17)18/h5,7,11,14H,2-4,6,8-9H2,1H3,(H,17,18). The summed E-state index contributed by atoms with van der Waals surface area (Å²) in [6.45, 7) is 0.461. The maximum Gasteiger partial charge on any atom is 0.322 e. The molecule has 1 aromatic rings. The number of hydrogen-bond donors (Lipinski definition) is 2. The molecule has 1 unspecified atom stereocenters. The van der Waals surface area contributed by atoms with Crippen molar-refractivity contribution >= 4 is 16.2 Å². The van der Waals surface area contributed by atoms with Gasteiger partial charge in [0.2, 0.25) is 0 Å². The lowest BCUT2D eigenvalue weighted by molar-refractivity contribution is -0.142. The quantitative estimate of drug-likeness (QED) is 0.752. The van der Waals surface area contributed by atoms with Crippen molar-refractivity contribution in [2.75, 3.05) is 13.1 Å². The predicted molar refractivity (Wildman–Crippen MR) is 75.8 cm³/mol. The number of hydrogen-bond acceptors (Lipinski definition) is 4. The van der Waals surface area contributed by atoms with E-state index in [1.165, 1.54) is 0 Å². The van der Waals surface area contributed by atoms with Crippen molar-refractivity contribution in [2.45, 2.75) is 31.7 Å². The predicted octanol–water partition coefficient (Wildman–Crippen LogP) is -0.264. The lowest BCUT2D eigenvalue weighted by atomic mass is 10.1. The molecule has 1 aromatic heterocycles. The molecule has 0 aliphatic carbocycles. The molecule has 2 heterocycles. The lowest BCUT2D eigenvalue weighted by Crippen LogP contribution is -2.52. The van der Waals surface area contributed by atoms with Crippen LogP contribution in [0.15, 0.2) is 12.3 Å². The van der Waals surface area contributed by atoms with Crippen LogP contribution in [-0.2, 0) is 28.5 Å². The zero-order valence-electron chi connectivity index (χ0n) is 11.9. The maximum atomic E-state index is 12.2. The number of piperidine rings is 1. The van der Waals surface area contributed by atoms with Crippen LogP contribution in [0, 0.1) is 0 Å². The van der Waals surface area contributed by atoms with Gasteiger partial charge >= 0.3 is 5.97 Å². The van der Waals surface area contributed by atoms with Gasteiger partial charge in [0.15, 0.2) is 0 Å². The molecule has 1 saturated heterocycles. The van der Waals surface area contributed by atoms with Gasteiger partial charge < -0.3 is 5.11 Å². The molecule has 2 N–H and O–H groups in total. The fourth-order valence-electron chi connectivity index (χ4n) is 2.48. The van der Waals surface area contributed by atoms with Crippen LogP contribution in [0.4, 0.5) is 0 Å². The topological polar surface area (TPSA) is 105 Å². The van der Waals surface area contributed by atoms with Gasteiger partial charge in [0.05, 0.1) is 0 Å². The van der Waals surface area contributed by atoms with Gasteiger partial charge in [-0.1, -0.05) is 0 Å². The Labute approximate surface area is 123 Å². The first-order valence-corrected chi connectivity index (χ1v) is 8.32. The number of carbonyl (C=O) groups is 1. The van der Waals surface area contributed by atoms with Crippen LogP contribution in [0.2, 0.25) is 0 Å². The SMILES string of the molecule is Cn1nccc1CCNS(=O)(=O)N1CCCCC1C(=O)O. The molecule has 118 valence electrons. The summed E-state index contributed by atoms with van der Waals surface area (Å²) in [7, 11) is -1.98. The van der Waals surface area contributed by atoms with E-state index in [2.05, 4.69) is 9.82 Å². The van der Waals surface area contributed by atoms with Gasteiger partial charge in [-0.2, -0.15) is 17.8 Å². The minimum absolute atomic E-state index is 0.213. The highest BCUT2D eigenvalue weighted by Crippen LogP contribution is 2.19.